The van der Waals surface area contributed by atoms with Crippen LogP contribution in [-0.4, -0.2) is 37.2 Å². The lowest BCUT2D eigenvalue weighted by molar-refractivity contribution is -0.150. The first kappa shape index (κ1) is 47.6. The Morgan fingerprint density at radius 1 is 0.528 bits per heavy atom. The van der Waals surface area contributed by atoms with E-state index in [2.05, 4.69) is 41.5 Å². The molecule has 0 amide bonds. The molecule has 6 nitrogen and oxygen atoms in total. The van der Waals surface area contributed by atoms with E-state index in [0.717, 1.165) is 107 Å². The van der Waals surface area contributed by atoms with E-state index in [1.54, 1.807) is 6.42 Å². The topological polar surface area (TPSA) is 78.9 Å². The Bertz CT molecular complexity index is 929. The number of hydrogen-bond acceptors (Lipinski definition) is 6. The predicted octanol–water partition coefficient (Wildman–Crippen LogP) is 13.5. The van der Waals surface area contributed by atoms with Crippen LogP contribution < -0.4 is 0 Å². The molecule has 0 aliphatic heterocycles. The molecule has 53 heavy (non-hydrogen) atoms. The van der Waals surface area contributed by atoms with Gasteiger partial charge in [-0.1, -0.05) is 138 Å². The van der Waals surface area contributed by atoms with Crippen LogP contribution in [0.15, 0.2) is 0 Å². The smallest absolute Gasteiger partial charge is 0.306 e. The zero-order chi connectivity index (χ0) is 38.7. The Kier molecular flexibility index (Phi) is 25.8. The molecule has 6 heteroatoms. The van der Waals surface area contributed by atoms with Gasteiger partial charge in [0.05, 0.1) is 13.2 Å². The molecule has 0 saturated heterocycles. The van der Waals surface area contributed by atoms with Gasteiger partial charge in [0.1, 0.15) is 6.10 Å². The second-order valence-corrected chi connectivity index (χ2v) is 18.5. The normalized spacial score (nSPS) is 20.0. The average Bonchev–Trinajstić information content (AvgIpc) is 4.05. The predicted molar refractivity (Wildman–Crippen MR) is 220 cm³/mol. The second-order valence-electron chi connectivity index (χ2n) is 18.5. The Morgan fingerprint density at radius 3 is 1.53 bits per heavy atom. The lowest BCUT2D eigenvalue weighted by atomic mass is 9.88. The van der Waals surface area contributed by atoms with Gasteiger partial charge in [-0.3, -0.25) is 14.4 Å². The summed E-state index contributed by atoms with van der Waals surface area (Å²) in [6.45, 7) is 13.8. The maximum Gasteiger partial charge on any atom is 0.306 e. The first-order valence-corrected chi connectivity index (χ1v) is 23.0. The number of unbranched alkanes of at least 4 members (excludes halogenated alkanes) is 12. The molecule has 0 bridgehead atoms. The number of ether oxygens (including phenoxy) is 3. The van der Waals surface area contributed by atoms with E-state index in [1.807, 2.05) is 0 Å². The first-order valence-electron chi connectivity index (χ1n) is 23.0. The number of esters is 3. The molecular weight excluding hydrogens is 661 g/mol. The van der Waals surface area contributed by atoms with Gasteiger partial charge in [-0.15, -0.1) is 0 Å². The van der Waals surface area contributed by atoms with Crippen molar-refractivity contribution in [1.82, 2.24) is 0 Å². The zero-order valence-electron chi connectivity index (χ0n) is 35.8. The summed E-state index contributed by atoms with van der Waals surface area (Å²) in [5.41, 5.74) is 0.216. The third-order valence-corrected chi connectivity index (χ3v) is 12.0. The van der Waals surface area contributed by atoms with Crippen molar-refractivity contribution in [2.24, 2.45) is 35.0 Å². The molecule has 2 aliphatic rings. The monoisotopic (exact) mass is 747 g/mol. The Balaban J connectivity index is 1.62. The molecule has 0 radical (unpaired) electrons. The SMILES string of the molecule is CCCCCC(=O)OCC(CCCCC(=O)OC(CCCCCCCCC1CC1CC1CC1CCCCC)CCC(C)(C)C)COC(=O)CCCCC. The Labute approximate surface area is 327 Å². The molecule has 0 spiro atoms. The van der Waals surface area contributed by atoms with Gasteiger partial charge >= 0.3 is 17.9 Å². The van der Waals surface area contributed by atoms with Crippen LogP contribution in [0, 0.1) is 35.0 Å². The van der Waals surface area contributed by atoms with Crippen molar-refractivity contribution in [1.29, 1.82) is 0 Å². The molecule has 2 aliphatic carbocycles. The second kappa shape index (κ2) is 28.8. The number of hydrogen-bond donors (Lipinski definition) is 0. The highest BCUT2D eigenvalue weighted by atomic mass is 16.5. The van der Waals surface area contributed by atoms with Crippen LogP contribution in [0.25, 0.3) is 0 Å². The molecular formula is C47H86O6. The van der Waals surface area contributed by atoms with Crippen LogP contribution >= 0.6 is 0 Å². The van der Waals surface area contributed by atoms with E-state index in [9.17, 15) is 14.4 Å². The number of rotatable bonds is 35. The van der Waals surface area contributed by atoms with Crippen LogP contribution in [0.4, 0.5) is 0 Å². The number of carbonyl (C=O) groups excluding carboxylic acids is 3. The molecule has 2 saturated carbocycles. The molecule has 0 N–H and O–H groups in total. The van der Waals surface area contributed by atoms with Gasteiger partial charge in [0.15, 0.2) is 0 Å². The fraction of sp³-hybridized carbons (Fsp3) is 0.936. The van der Waals surface area contributed by atoms with Crippen molar-refractivity contribution in [2.75, 3.05) is 13.2 Å². The van der Waals surface area contributed by atoms with Crippen molar-refractivity contribution in [3.63, 3.8) is 0 Å². The molecule has 2 fully saturated rings. The molecule has 2 rings (SSSR count). The highest BCUT2D eigenvalue weighted by Crippen LogP contribution is 2.54. The van der Waals surface area contributed by atoms with Crippen LogP contribution in [0.5, 0.6) is 0 Å². The Hall–Kier alpha value is -1.59. The summed E-state index contributed by atoms with van der Waals surface area (Å²) in [7, 11) is 0. The first-order chi connectivity index (χ1) is 25.5. The minimum atomic E-state index is -0.181. The maximum atomic E-state index is 13.0. The average molecular weight is 747 g/mol. The molecule has 310 valence electrons. The summed E-state index contributed by atoms with van der Waals surface area (Å²) in [6.07, 6.45) is 31.8. The molecule has 5 atom stereocenters. The van der Waals surface area contributed by atoms with Gasteiger partial charge in [0.25, 0.3) is 0 Å². The van der Waals surface area contributed by atoms with Gasteiger partial charge in [-0.25, -0.2) is 0 Å². The minimum Gasteiger partial charge on any atom is -0.465 e. The van der Waals surface area contributed by atoms with E-state index >= 15 is 0 Å². The third-order valence-electron chi connectivity index (χ3n) is 12.0. The van der Waals surface area contributed by atoms with Gasteiger partial charge in [0, 0.05) is 25.2 Å². The summed E-state index contributed by atoms with van der Waals surface area (Å²) in [5, 5.41) is 0. The van der Waals surface area contributed by atoms with Crippen molar-refractivity contribution in [2.45, 2.75) is 234 Å². The summed E-state index contributed by atoms with van der Waals surface area (Å²) in [6, 6.07) is 0. The van der Waals surface area contributed by atoms with Gasteiger partial charge in [-0.05, 0) is 99.7 Å². The standard InChI is InChI=1S/C47H86O6/c1-7-10-17-25-39-33-41(39)35-42-34-40(42)26-20-15-13-14-16-21-27-43(31-32-47(4,5)6)53-46(50)30-23-22-24-38(36-51-44(48)28-18-11-8-2)37-52-45(49)29-19-12-9-3/h38-43H,7-37H2,1-6H3. The number of carbonyl (C=O) groups is 3. The molecule has 5 unspecified atom stereocenters. The van der Waals surface area contributed by atoms with Crippen LogP contribution in [0.3, 0.4) is 0 Å². The molecule has 0 heterocycles. The van der Waals surface area contributed by atoms with Crippen molar-refractivity contribution in [3.8, 4) is 0 Å². The highest BCUT2D eigenvalue weighted by molar-refractivity contribution is 5.70. The van der Waals surface area contributed by atoms with E-state index in [0.29, 0.717) is 19.3 Å². The van der Waals surface area contributed by atoms with Gasteiger partial charge < -0.3 is 14.2 Å². The van der Waals surface area contributed by atoms with Gasteiger partial charge in [-0.2, -0.15) is 0 Å². The fourth-order valence-corrected chi connectivity index (χ4v) is 8.06. The summed E-state index contributed by atoms with van der Waals surface area (Å²) >= 11 is 0. The van der Waals surface area contributed by atoms with Crippen LogP contribution in [0.1, 0.15) is 228 Å². The summed E-state index contributed by atoms with van der Waals surface area (Å²) in [4.78, 5) is 37.4. The lowest BCUT2D eigenvalue weighted by Gasteiger charge is -2.23. The lowest BCUT2D eigenvalue weighted by Crippen LogP contribution is -2.22. The quantitative estimate of drug-likeness (QED) is 0.0365. The van der Waals surface area contributed by atoms with E-state index in [1.165, 1.54) is 77.0 Å². The highest BCUT2D eigenvalue weighted by Gasteiger charge is 2.44. The minimum absolute atomic E-state index is 0.00164. The summed E-state index contributed by atoms with van der Waals surface area (Å²) < 4.78 is 17.2. The fourth-order valence-electron chi connectivity index (χ4n) is 8.06. The van der Waals surface area contributed by atoms with E-state index in [-0.39, 0.29) is 48.6 Å². The van der Waals surface area contributed by atoms with Gasteiger partial charge in [0.2, 0.25) is 0 Å². The maximum absolute atomic E-state index is 13.0. The summed E-state index contributed by atoms with van der Waals surface area (Å²) in [5.74, 6) is 3.75. The zero-order valence-corrected chi connectivity index (χ0v) is 35.8. The largest absolute Gasteiger partial charge is 0.465 e. The van der Waals surface area contributed by atoms with Crippen LogP contribution in [0.2, 0.25) is 0 Å². The van der Waals surface area contributed by atoms with E-state index in [4.69, 9.17) is 14.2 Å². The van der Waals surface area contributed by atoms with Crippen molar-refractivity contribution < 1.29 is 28.6 Å². The molecule has 0 aromatic rings. The van der Waals surface area contributed by atoms with Crippen molar-refractivity contribution in [3.05, 3.63) is 0 Å². The van der Waals surface area contributed by atoms with Crippen molar-refractivity contribution >= 4 is 17.9 Å². The molecule has 0 aromatic heterocycles. The molecule has 0 aromatic carbocycles. The van der Waals surface area contributed by atoms with E-state index < -0.39 is 0 Å². The third kappa shape index (κ3) is 26.0. The Morgan fingerprint density at radius 2 is 0.981 bits per heavy atom. The van der Waals surface area contributed by atoms with Crippen LogP contribution in [-0.2, 0) is 28.6 Å².